The van der Waals surface area contributed by atoms with Crippen LogP contribution in [-0.4, -0.2) is 59.1 Å². The second-order valence-electron chi connectivity index (χ2n) is 8.75. The molecule has 1 unspecified atom stereocenters. The fourth-order valence-electron chi connectivity index (χ4n) is 4.67. The number of likely N-dealkylation sites (tertiary alicyclic amines) is 1. The van der Waals surface area contributed by atoms with Gasteiger partial charge in [-0.3, -0.25) is 9.10 Å². The highest BCUT2D eigenvalue weighted by Crippen LogP contribution is 2.41. The molecule has 2 aliphatic heterocycles. The summed E-state index contributed by atoms with van der Waals surface area (Å²) in [6, 6.07) is 10.7. The van der Waals surface area contributed by atoms with E-state index in [2.05, 4.69) is 17.3 Å². The van der Waals surface area contributed by atoms with Gasteiger partial charge in [0.15, 0.2) is 0 Å². The Kier molecular flexibility index (Phi) is 6.18. The van der Waals surface area contributed by atoms with Crippen LogP contribution in [0.1, 0.15) is 35.4 Å². The fraction of sp³-hybridized carbons (Fsp3) is 0.458. The minimum atomic E-state index is -3.85. The second-order valence-corrected chi connectivity index (χ2v) is 10.6. The average molecular weight is 458 g/mol. The lowest BCUT2D eigenvalue weighted by molar-refractivity contribution is -0.123. The van der Waals surface area contributed by atoms with Crippen LogP contribution in [0.3, 0.4) is 0 Å². The molecule has 0 saturated carbocycles. The average Bonchev–Trinajstić information content (AvgIpc) is 3.18. The van der Waals surface area contributed by atoms with Crippen LogP contribution < -0.4 is 14.4 Å². The third kappa shape index (κ3) is 3.97. The predicted molar refractivity (Wildman–Crippen MR) is 125 cm³/mol. The van der Waals surface area contributed by atoms with E-state index in [1.807, 2.05) is 25.1 Å². The van der Waals surface area contributed by atoms with E-state index in [-0.39, 0.29) is 23.4 Å². The SMILES string of the molecule is COc1ccc(S(=O)(=O)N2CC(C(=O)NC3CCN(C)CC3)c3ccccc32)c(C)c1C. The van der Waals surface area contributed by atoms with E-state index in [0.717, 1.165) is 37.1 Å². The number of nitrogens with zero attached hydrogens (tertiary/aromatic N) is 2. The predicted octanol–water partition coefficient (Wildman–Crippen LogP) is 2.81. The van der Waals surface area contributed by atoms with Gasteiger partial charge in [-0.15, -0.1) is 0 Å². The van der Waals surface area contributed by atoms with Crippen LogP contribution in [0.4, 0.5) is 5.69 Å². The van der Waals surface area contributed by atoms with Crippen molar-refractivity contribution in [3.63, 3.8) is 0 Å². The molecule has 8 heteroatoms. The van der Waals surface area contributed by atoms with Gasteiger partial charge >= 0.3 is 0 Å². The van der Waals surface area contributed by atoms with Crippen LogP contribution in [0.25, 0.3) is 0 Å². The molecule has 2 aromatic rings. The first-order valence-electron chi connectivity index (χ1n) is 11.0. The molecule has 172 valence electrons. The smallest absolute Gasteiger partial charge is 0.264 e. The zero-order chi connectivity index (χ0) is 23.0. The Morgan fingerprint density at radius 1 is 1.06 bits per heavy atom. The van der Waals surface area contributed by atoms with Crippen molar-refractivity contribution in [1.29, 1.82) is 0 Å². The normalized spacial score (nSPS) is 19.6. The highest BCUT2D eigenvalue weighted by Gasteiger charge is 2.41. The number of anilines is 1. The maximum Gasteiger partial charge on any atom is 0.264 e. The fourth-order valence-corrected chi connectivity index (χ4v) is 6.46. The Morgan fingerprint density at radius 2 is 1.75 bits per heavy atom. The van der Waals surface area contributed by atoms with Crippen molar-refractivity contribution in [1.82, 2.24) is 10.2 Å². The molecular formula is C24H31N3O4S. The summed E-state index contributed by atoms with van der Waals surface area (Å²) in [7, 11) is -0.196. The molecule has 2 heterocycles. The standard InChI is InChI=1S/C24H31N3O4S/c1-16-17(2)23(10-9-22(16)31-4)32(29,30)27-15-20(19-7-5-6-8-21(19)27)24(28)25-18-11-13-26(3)14-12-18/h5-10,18,20H,11-15H2,1-4H3,(H,25,28). The summed E-state index contributed by atoms with van der Waals surface area (Å²) < 4.78 is 34.1. The lowest BCUT2D eigenvalue weighted by Gasteiger charge is -2.30. The number of piperidine rings is 1. The molecule has 4 rings (SSSR count). The molecule has 32 heavy (non-hydrogen) atoms. The van der Waals surface area contributed by atoms with Crippen molar-refractivity contribution in [2.24, 2.45) is 0 Å². The van der Waals surface area contributed by atoms with Gasteiger partial charge in [0.05, 0.1) is 30.2 Å². The second kappa shape index (κ2) is 8.75. The number of amides is 1. The first-order valence-corrected chi connectivity index (χ1v) is 12.4. The Hall–Kier alpha value is -2.58. The van der Waals surface area contributed by atoms with Gasteiger partial charge < -0.3 is 15.0 Å². The zero-order valence-corrected chi connectivity index (χ0v) is 19.9. The molecule has 0 aromatic heterocycles. The van der Waals surface area contributed by atoms with Gasteiger partial charge in [0.1, 0.15) is 5.75 Å². The van der Waals surface area contributed by atoms with Gasteiger partial charge in [0, 0.05) is 6.04 Å². The van der Waals surface area contributed by atoms with Crippen LogP contribution in [-0.2, 0) is 14.8 Å². The van der Waals surface area contributed by atoms with E-state index in [9.17, 15) is 13.2 Å². The monoisotopic (exact) mass is 457 g/mol. The van der Waals surface area contributed by atoms with Gasteiger partial charge in [-0.2, -0.15) is 0 Å². The summed E-state index contributed by atoms with van der Waals surface area (Å²) >= 11 is 0. The number of ether oxygens (including phenoxy) is 1. The van der Waals surface area contributed by atoms with Gasteiger partial charge in [-0.25, -0.2) is 8.42 Å². The number of carbonyl (C=O) groups excluding carboxylic acids is 1. The van der Waals surface area contributed by atoms with Gasteiger partial charge in [0.2, 0.25) is 5.91 Å². The highest BCUT2D eigenvalue weighted by molar-refractivity contribution is 7.93. The molecule has 0 bridgehead atoms. The Labute approximate surface area is 190 Å². The van der Waals surface area contributed by atoms with E-state index in [1.54, 1.807) is 32.2 Å². The molecule has 2 aliphatic rings. The van der Waals surface area contributed by atoms with Crippen molar-refractivity contribution in [2.75, 3.05) is 38.1 Å². The number of rotatable bonds is 5. The molecule has 0 aliphatic carbocycles. The lowest BCUT2D eigenvalue weighted by atomic mass is 9.98. The van der Waals surface area contributed by atoms with E-state index < -0.39 is 15.9 Å². The maximum absolute atomic E-state index is 13.7. The van der Waals surface area contributed by atoms with E-state index in [4.69, 9.17) is 4.74 Å². The molecule has 1 atom stereocenters. The minimum absolute atomic E-state index is 0.102. The molecule has 7 nitrogen and oxygen atoms in total. The number of hydrogen-bond acceptors (Lipinski definition) is 5. The zero-order valence-electron chi connectivity index (χ0n) is 19.1. The topological polar surface area (TPSA) is 79.0 Å². The maximum atomic E-state index is 13.7. The number of benzene rings is 2. The van der Waals surface area contributed by atoms with Crippen molar-refractivity contribution < 1.29 is 17.9 Å². The summed E-state index contributed by atoms with van der Waals surface area (Å²) in [6.07, 6.45) is 1.81. The van der Waals surface area contributed by atoms with E-state index in [0.29, 0.717) is 17.0 Å². The third-order valence-corrected chi connectivity index (χ3v) is 8.71. The number of sulfonamides is 1. The Bertz CT molecular complexity index is 1120. The molecular weight excluding hydrogens is 426 g/mol. The number of hydrogen-bond donors (Lipinski definition) is 1. The highest BCUT2D eigenvalue weighted by atomic mass is 32.2. The summed E-state index contributed by atoms with van der Waals surface area (Å²) in [6.45, 7) is 5.64. The summed E-state index contributed by atoms with van der Waals surface area (Å²) in [5.41, 5.74) is 2.77. The molecule has 1 saturated heterocycles. The molecule has 1 N–H and O–H groups in total. The molecule has 2 aromatic carbocycles. The Morgan fingerprint density at radius 3 is 2.44 bits per heavy atom. The summed E-state index contributed by atoms with van der Waals surface area (Å²) in [5.74, 6) is 0.0197. The number of nitrogens with one attached hydrogen (secondary N) is 1. The number of methoxy groups -OCH3 is 1. The largest absolute Gasteiger partial charge is 0.496 e. The number of carbonyl (C=O) groups is 1. The molecule has 1 amide bonds. The van der Waals surface area contributed by atoms with E-state index >= 15 is 0 Å². The van der Waals surface area contributed by atoms with Crippen LogP contribution in [0.15, 0.2) is 41.3 Å². The summed E-state index contributed by atoms with van der Waals surface area (Å²) in [4.78, 5) is 15.7. The van der Waals surface area contributed by atoms with E-state index in [1.165, 1.54) is 4.31 Å². The lowest BCUT2D eigenvalue weighted by Crippen LogP contribution is -2.45. The van der Waals surface area contributed by atoms with Crippen LogP contribution >= 0.6 is 0 Å². The first kappa shape index (κ1) is 22.6. The van der Waals surface area contributed by atoms with Gasteiger partial charge in [-0.05, 0) is 81.7 Å². The number of fused-ring (bicyclic) bond motifs is 1. The minimum Gasteiger partial charge on any atom is -0.496 e. The van der Waals surface area contributed by atoms with Crippen molar-refractivity contribution >= 4 is 21.6 Å². The Balaban J connectivity index is 1.64. The number of para-hydroxylation sites is 1. The van der Waals surface area contributed by atoms with Crippen LogP contribution in [0.2, 0.25) is 0 Å². The van der Waals surface area contributed by atoms with Gasteiger partial charge in [-0.1, -0.05) is 18.2 Å². The van der Waals surface area contributed by atoms with Crippen molar-refractivity contribution in [2.45, 2.75) is 43.5 Å². The summed E-state index contributed by atoms with van der Waals surface area (Å²) in [5, 5.41) is 3.17. The third-order valence-electron chi connectivity index (χ3n) is 6.79. The van der Waals surface area contributed by atoms with Crippen LogP contribution in [0, 0.1) is 13.8 Å². The quantitative estimate of drug-likeness (QED) is 0.747. The first-order chi connectivity index (χ1) is 15.2. The van der Waals surface area contributed by atoms with Crippen molar-refractivity contribution in [3.05, 3.63) is 53.1 Å². The molecule has 1 fully saturated rings. The van der Waals surface area contributed by atoms with Gasteiger partial charge in [0.25, 0.3) is 10.0 Å². The van der Waals surface area contributed by atoms with Crippen molar-refractivity contribution in [3.8, 4) is 5.75 Å². The van der Waals surface area contributed by atoms with Crippen LogP contribution in [0.5, 0.6) is 5.75 Å². The molecule has 0 radical (unpaired) electrons. The molecule has 0 spiro atoms.